The number of carbonyl (C=O) groups excluding carboxylic acids is 2. The van der Waals surface area contributed by atoms with E-state index in [2.05, 4.69) is 0 Å². The van der Waals surface area contributed by atoms with Gasteiger partial charge in [0.05, 0.1) is 12.2 Å². The first-order valence-electron chi connectivity index (χ1n) is 3.48. The third kappa shape index (κ3) is 0.808. The van der Waals surface area contributed by atoms with E-state index in [1.807, 2.05) is 12.2 Å². The number of ketones is 2. The van der Waals surface area contributed by atoms with E-state index in [1.165, 1.54) is 0 Å². The van der Waals surface area contributed by atoms with Crippen molar-refractivity contribution in [3.63, 3.8) is 0 Å². The van der Waals surface area contributed by atoms with Crippen molar-refractivity contribution in [3.8, 4) is 0 Å². The summed E-state index contributed by atoms with van der Waals surface area (Å²) in [5.74, 6) is -0.630. The van der Waals surface area contributed by atoms with Gasteiger partial charge in [0.2, 0.25) is 11.6 Å². The normalized spacial score (nSPS) is 22.2. The van der Waals surface area contributed by atoms with Gasteiger partial charge >= 0.3 is 0 Å². The molecule has 0 radical (unpaired) electrons. The topological polar surface area (TPSA) is 37.4 Å². The van der Waals surface area contributed by atoms with Gasteiger partial charge in [0.25, 0.3) is 0 Å². The first-order chi connectivity index (χ1) is 5.29. The van der Waals surface area contributed by atoms with Crippen LogP contribution in [0.1, 0.15) is 0 Å². The molecule has 2 aliphatic heterocycles. The highest BCUT2D eigenvalue weighted by Gasteiger charge is 2.33. The van der Waals surface area contributed by atoms with Gasteiger partial charge < -0.3 is 4.90 Å². The highest BCUT2D eigenvalue weighted by Crippen LogP contribution is 2.17. The fraction of sp³-hybridized carbons (Fsp3) is 0.250. The molecule has 56 valence electrons. The van der Waals surface area contributed by atoms with E-state index in [-0.39, 0.29) is 18.1 Å². The monoisotopic (exact) mass is 149 g/mol. The summed E-state index contributed by atoms with van der Waals surface area (Å²) in [6.45, 7) is 0.943. The number of fused-ring (bicyclic) bond motifs is 1. The van der Waals surface area contributed by atoms with Crippen molar-refractivity contribution in [1.29, 1.82) is 0 Å². The van der Waals surface area contributed by atoms with Crippen LogP contribution in [-0.2, 0) is 9.59 Å². The van der Waals surface area contributed by atoms with Crippen molar-refractivity contribution in [2.75, 3.05) is 13.1 Å². The summed E-state index contributed by atoms with van der Waals surface area (Å²) in [5, 5.41) is 0. The molecule has 0 bridgehead atoms. The second kappa shape index (κ2) is 2.05. The van der Waals surface area contributed by atoms with Crippen molar-refractivity contribution < 1.29 is 9.59 Å². The Kier molecular flexibility index (Phi) is 1.18. The molecule has 1 fully saturated rings. The SMILES string of the molecule is O=C1CN2CC=CC=C2C1=O. The van der Waals surface area contributed by atoms with Crippen LogP contribution < -0.4 is 0 Å². The van der Waals surface area contributed by atoms with E-state index in [4.69, 9.17) is 0 Å². The maximum absolute atomic E-state index is 11.0. The number of nitrogens with zero attached hydrogens (tertiary/aromatic N) is 1. The van der Waals surface area contributed by atoms with Crippen molar-refractivity contribution in [2.24, 2.45) is 0 Å². The molecule has 3 heteroatoms. The van der Waals surface area contributed by atoms with Gasteiger partial charge in [0.15, 0.2) is 0 Å². The van der Waals surface area contributed by atoms with E-state index in [0.717, 1.165) is 0 Å². The molecule has 0 aromatic heterocycles. The fourth-order valence-corrected chi connectivity index (χ4v) is 1.31. The zero-order chi connectivity index (χ0) is 7.84. The van der Waals surface area contributed by atoms with E-state index >= 15 is 0 Å². The van der Waals surface area contributed by atoms with Crippen LogP contribution in [0.25, 0.3) is 0 Å². The molecule has 0 saturated carbocycles. The molecule has 0 amide bonds. The lowest BCUT2D eigenvalue weighted by molar-refractivity contribution is -0.132. The summed E-state index contributed by atoms with van der Waals surface area (Å²) in [6, 6.07) is 0. The molecule has 0 spiro atoms. The third-order valence-corrected chi connectivity index (χ3v) is 1.88. The molecular weight excluding hydrogens is 142 g/mol. The molecule has 3 nitrogen and oxygen atoms in total. The summed E-state index contributed by atoms with van der Waals surface area (Å²) in [4.78, 5) is 23.7. The largest absolute Gasteiger partial charge is 0.357 e. The molecule has 0 aliphatic carbocycles. The minimum atomic E-state index is -0.339. The molecule has 2 rings (SSSR count). The smallest absolute Gasteiger partial charge is 0.246 e. The Morgan fingerprint density at radius 2 is 2.18 bits per heavy atom. The minimum Gasteiger partial charge on any atom is -0.357 e. The van der Waals surface area contributed by atoms with Crippen LogP contribution in [0.5, 0.6) is 0 Å². The van der Waals surface area contributed by atoms with E-state index in [1.54, 1.807) is 11.0 Å². The van der Waals surface area contributed by atoms with Gasteiger partial charge in [-0.2, -0.15) is 0 Å². The van der Waals surface area contributed by atoms with Crippen LogP contribution in [0.3, 0.4) is 0 Å². The Hall–Kier alpha value is -1.38. The standard InChI is InChI=1S/C8H7NO2/c10-7-5-9-4-2-1-3-6(9)8(7)11/h1-3H,4-5H2. The number of rotatable bonds is 0. The molecule has 0 unspecified atom stereocenters. The number of carbonyl (C=O) groups is 2. The summed E-state index contributed by atoms with van der Waals surface area (Å²) in [5.41, 5.74) is 0.553. The van der Waals surface area contributed by atoms with Gasteiger partial charge in [-0.3, -0.25) is 9.59 Å². The number of hydrogen-bond donors (Lipinski definition) is 0. The molecule has 2 heterocycles. The Morgan fingerprint density at radius 1 is 1.36 bits per heavy atom. The van der Waals surface area contributed by atoms with E-state index in [9.17, 15) is 9.59 Å². The lowest BCUT2D eigenvalue weighted by Crippen LogP contribution is -2.21. The lowest BCUT2D eigenvalue weighted by atomic mass is 10.2. The summed E-state index contributed by atoms with van der Waals surface area (Å²) in [6.07, 6.45) is 5.43. The Morgan fingerprint density at radius 3 is 2.91 bits per heavy atom. The molecular formula is C8H7NO2. The van der Waals surface area contributed by atoms with Gasteiger partial charge in [0.1, 0.15) is 0 Å². The first kappa shape index (κ1) is 6.34. The van der Waals surface area contributed by atoms with Gasteiger partial charge in [-0.25, -0.2) is 0 Å². The van der Waals surface area contributed by atoms with Crippen LogP contribution in [0.15, 0.2) is 23.9 Å². The highest BCUT2D eigenvalue weighted by molar-refractivity contribution is 6.46. The predicted octanol–water partition coefficient (Wildman–Crippen LogP) is -0.106. The van der Waals surface area contributed by atoms with Crippen LogP contribution >= 0.6 is 0 Å². The minimum absolute atomic E-state index is 0.259. The van der Waals surface area contributed by atoms with Crippen molar-refractivity contribution in [2.45, 2.75) is 0 Å². The maximum Gasteiger partial charge on any atom is 0.246 e. The lowest BCUT2D eigenvalue weighted by Gasteiger charge is -2.17. The average Bonchev–Trinajstić information content (AvgIpc) is 2.30. The average molecular weight is 149 g/mol. The van der Waals surface area contributed by atoms with Crippen LogP contribution in [-0.4, -0.2) is 29.6 Å². The second-order valence-electron chi connectivity index (χ2n) is 2.61. The number of allylic oxidation sites excluding steroid dienone is 3. The maximum atomic E-state index is 11.0. The molecule has 0 aromatic carbocycles. The van der Waals surface area contributed by atoms with Crippen LogP contribution in [0.4, 0.5) is 0 Å². The van der Waals surface area contributed by atoms with E-state index < -0.39 is 0 Å². The summed E-state index contributed by atoms with van der Waals surface area (Å²) >= 11 is 0. The van der Waals surface area contributed by atoms with Crippen LogP contribution in [0.2, 0.25) is 0 Å². The van der Waals surface area contributed by atoms with Crippen LogP contribution in [0, 0.1) is 0 Å². The summed E-state index contributed by atoms with van der Waals surface area (Å²) < 4.78 is 0. The molecule has 0 N–H and O–H groups in total. The predicted molar refractivity (Wildman–Crippen MR) is 38.8 cm³/mol. The van der Waals surface area contributed by atoms with Crippen molar-refractivity contribution >= 4 is 11.6 Å². The zero-order valence-corrected chi connectivity index (χ0v) is 5.91. The highest BCUT2D eigenvalue weighted by atomic mass is 16.2. The molecule has 0 atom stereocenters. The Bertz CT molecular complexity index is 288. The van der Waals surface area contributed by atoms with Crippen molar-refractivity contribution in [1.82, 2.24) is 4.90 Å². The summed E-state index contributed by atoms with van der Waals surface area (Å²) in [7, 11) is 0. The number of hydrogen-bond acceptors (Lipinski definition) is 3. The first-order valence-corrected chi connectivity index (χ1v) is 3.48. The van der Waals surface area contributed by atoms with Crippen molar-refractivity contribution in [3.05, 3.63) is 23.9 Å². The molecule has 0 aromatic rings. The van der Waals surface area contributed by atoms with Gasteiger partial charge in [-0.05, 0) is 6.08 Å². The van der Waals surface area contributed by atoms with Gasteiger partial charge in [0, 0.05) is 6.54 Å². The van der Waals surface area contributed by atoms with Gasteiger partial charge in [-0.1, -0.05) is 12.2 Å². The van der Waals surface area contributed by atoms with E-state index in [0.29, 0.717) is 12.2 Å². The quantitative estimate of drug-likeness (QED) is 0.451. The Labute approximate surface area is 64.0 Å². The third-order valence-electron chi connectivity index (χ3n) is 1.88. The molecule has 1 saturated heterocycles. The zero-order valence-electron chi connectivity index (χ0n) is 5.91. The molecule has 2 aliphatic rings. The second-order valence-corrected chi connectivity index (χ2v) is 2.61. The Balaban J connectivity index is 2.40. The fourth-order valence-electron chi connectivity index (χ4n) is 1.31. The van der Waals surface area contributed by atoms with Gasteiger partial charge in [-0.15, -0.1) is 0 Å². The molecule has 11 heavy (non-hydrogen) atoms. The number of Topliss-reactive ketones (excluding diaryl/α,β-unsaturated/α-hetero) is 2.